The van der Waals surface area contributed by atoms with Crippen LogP contribution in [0.25, 0.3) is 22.5 Å². The maximum absolute atomic E-state index is 12.9. The van der Waals surface area contributed by atoms with Crippen LogP contribution >= 0.6 is 11.6 Å². The minimum Gasteiger partial charge on any atom is -0.360 e. The smallest absolute Gasteiger partial charge is 0.282 e. The number of hydrogen-bond donors (Lipinski definition) is 0. The van der Waals surface area contributed by atoms with Crippen molar-refractivity contribution in [3.8, 4) is 22.5 Å². The number of halogens is 1. The van der Waals surface area contributed by atoms with Crippen LogP contribution in [0, 0.1) is 13.8 Å². The summed E-state index contributed by atoms with van der Waals surface area (Å²) in [6, 6.07) is 15.4. The van der Waals surface area contributed by atoms with Crippen molar-refractivity contribution >= 4 is 21.6 Å². The maximum Gasteiger partial charge on any atom is 0.282 e. The zero-order valence-corrected chi connectivity index (χ0v) is 16.7. The SMILES string of the molecule is Cc1ccc(S(=O)(=O)n2ccc(-c3c(-c4ccc(Cl)cc4)noc3C)n2)cc1. The molecule has 0 aliphatic heterocycles. The molecule has 4 aromatic rings. The molecule has 142 valence electrons. The van der Waals surface area contributed by atoms with Gasteiger partial charge in [0.1, 0.15) is 11.5 Å². The summed E-state index contributed by atoms with van der Waals surface area (Å²) in [5, 5.41) is 9.02. The molecule has 0 atom stereocenters. The average Bonchev–Trinajstić information content (AvgIpc) is 3.30. The van der Waals surface area contributed by atoms with Crippen molar-refractivity contribution in [2.45, 2.75) is 18.7 Å². The van der Waals surface area contributed by atoms with E-state index >= 15 is 0 Å². The van der Waals surface area contributed by atoms with Gasteiger partial charge < -0.3 is 4.52 Å². The van der Waals surface area contributed by atoms with Gasteiger partial charge in [0.05, 0.1) is 16.2 Å². The van der Waals surface area contributed by atoms with Gasteiger partial charge in [-0.2, -0.15) is 17.6 Å². The molecule has 0 saturated heterocycles. The van der Waals surface area contributed by atoms with Gasteiger partial charge >= 0.3 is 0 Å². The first-order valence-electron chi connectivity index (χ1n) is 8.47. The lowest BCUT2D eigenvalue weighted by molar-refractivity contribution is 0.400. The summed E-state index contributed by atoms with van der Waals surface area (Å²) in [6.07, 6.45) is 1.42. The van der Waals surface area contributed by atoms with Gasteiger partial charge in [-0.1, -0.05) is 46.6 Å². The third kappa shape index (κ3) is 3.23. The molecule has 0 aliphatic carbocycles. The maximum atomic E-state index is 12.9. The molecule has 6 nitrogen and oxygen atoms in total. The van der Waals surface area contributed by atoms with Gasteiger partial charge in [0, 0.05) is 16.8 Å². The van der Waals surface area contributed by atoms with Crippen LogP contribution in [-0.2, 0) is 10.0 Å². The van der Waals surface area contributed by atoms with Crippen LogP contribution in [0.3, 0.4) is 0 Å². The van der Waals surface area contributed by atoms with Crippen LogP contribution in [0.15, 0.2) is 70.2 Å². The Morgan fingerprint density at radius 2 is 1.64 bits per heavy atom. The summed E-state index contributed by atoms with van der Waals surface area (Å²) >= 11 is 5.96. The number of aryl methyl sites for hydroxylation is 2. The van der Waals surface area contributed by atoms with Crippen molar-refractivity contribution < 1.29 is 12.9 Å². The zero-order chi connectivity index (χ0) is 19.9. The molecule has 0 spiro atoms. The van der Waals surface area contributed by atoms with Gasteiger partial charge in [0.15, 0.2) is 0 Å². The molecule has 2 heterocycles. The third-order valence-electron chi connectivity index (χ3n) is 4.37. The molecule has 0 fully saturated rings. The van der Waals surface area contributed by atoms with E-state index in [0.29, 0.717) is 27.7 Å². The molecule has 0 aliphatic rings. The van der Waals surface area contributed by atoms with Crippen molar-refractivity contribution in [3.63, 3.8) is 0 Å². The van der Waals surface area contributed by atoms with E-state index in [0.717, 1.165) is 15.2 Å². The van der Waals surface area contributed by atoms with Gasteiger partial charge in [-0.25, -0.2) is 0 Å². The van der Waals surface area contributed by atoms with Crippen molar-refractivity contribution in [3.05, 3.63) is 77.1 Å². The van der Waals surface area contributed by atoms with Gasteiger partial charge in [0.25, 0.3) is 10.0 Å². The van der Waals surface area contributed by atoms with E-state index in [1.165, 1.54) is 6.20 Å². The standard InChI is InChI=1S/C20H16ClN3O3S/c1-13-3-9-17(10-4-13)28(25,26)24-12-11-18(22-24)19-14(2)27-23-20(19)15-5-7-16(21)8-6-15/h3-12H,1-2H3. The molecular formula is C20H16ClN3O3S. The normalized spacial score (nSPS) is 11.7. The first kappa shape index (κ1) is 18.5. The summed E-state index contributed by atoms with van der Waals surface area (Å²) in [5.41, 5.74) is 3.45. The summed E-state index contributed by atoms with van der Waals surface area (Å²) in [4.78, 5) is 0.174. The van der Waals surface area contributed by atoms with E-state index in [1.807, 2.05) is 19.1 Å². The molecular weight excluding hydrogens is 398 g/mol. The van der Waals surface area contributed by atoms with Crippen molar-refractivity contribution in [1.29, 1.82) is 0 Å². The highest BCUT2D eigenvalue weighted by Crippen LogP contribution is 2.34. The number of hydrogen-bond acceptors (Lipinski definition) is 5. The Bertz CT molecular complexity index is 1240. The Labute approximate surface area is 167 Å². The Kier molecular flexibility index (Phi) is 4.56. The largest absolute Gasteiger partial charge is 0.360 e. The van der Waals surface area contributed by atoms with Crippen molar-refractivity contribution in [2.24, 2.45) is 0 Å². The lowest BCUT2D eigenvalue weighted by Gasteiger charge is -2.05. The monoisotopic (exact) mass is 413 g/mol. The summed E-state index contributed by atoms with van der Waals surface area (Å²) in [7, 11) is -3.78. The second kappa shape index (κ2) is 6.92. The highest BCUT2D eigenvalue weighted by molar-refractivity contribution is 7.89. The minimum absolute atomic E-state index is 0.174. The average molecular weight is 414 g/mol. The van der Waals surface area contributed by atoms with Gasteiger partial charge in [0.2, 0.25) is 0 Å². The third-order valence-corrected chi connectivity index (χ3v) is 6.18. The summed E-state index contributed by atoms with van der Waals surface area (Å²) in [6.45, 7) is 3.66. The van der Waals surface area contributed by atoms with Gasteiger partial charge in [-0.05, 0) is 44.2 Å². The van der Waals surface area contributed by atoms with Crippen molar-refractivity contribution in [2.75, 3.05) is 0 Å². The molecule has 8 heteroatoms. The molecule has 4 rings (SSSR count). The van der Waals surface area contributed by atoms with E-state index in [9.17, 15) is 8.42 Å². The van der Waals surface area contributed by atoms with Gasteiger partial charge in [-0.3, -0.25) is 0 Å². The lowest BCUT2D eigenvalue weighted by atomic mass is 10.0. The highest BCUT2D eigenvalue weighted by atomic mass is 35.5. The van der Waals surface area contributed by atoms with Crippen LogP contribution in [-0.4, -0.2) is 22.8 Å². The summed E-state index contributed by atoms with van der Waals surface area (Å²) < 4.78 is 32.0. The fourth-order valence-electron chi connectivity index (χ4n) is 2.87. The predicted octanol–water partition coefficient (Wildman–Crippen LogP) is 4.71. The summed E-state index contributed by atoms with van der Waals surface area (Å²) in [5.74, 6) is 0.544. The molecule has 0 unspecified atom stereocenters. The zero-order valence-electron chi connectivity index (χ0n) is 15.1. The Morgan fingerprint density at radius 3 is 2.32 bits per heavy atom. The minimum atomic E-state index is -3.78. The van der Waals surface area contributed by atoms with E-state index < -0.39 is 10.0 Å². The molecule has 2 aromatic heterocycles. The Balaban J connectivity index is 1.77. The van der Waals surface area contributed by atoms with E-state index in [2.05, 4.69) is 10.3 Å². The first-order valence-corrected chi connectivity index (χ1v) is 10.3. The van der Waals surface area contributed by atoms with Crippen LogP contribution in [0.1, 0.15) is 11.3 Å². The second-order valence-electron chi connectivity index (χ2n) is 6.36. The number of benzene rings is 2. The molecule has 28 heavy (non-hydrogen) atoms. The first-order chi connectivity index (χ1) is 13.4. The highest BCUT2D eigenvalue weighted by Gasteiger charge is 2.22. The van der Waals surface area contributed by atoms with Crippen LogP contribution < -0.4 is 0 Å². The quantitative estimate of drug-likeness (QED) is 0.484. The molecule has 0 N–H and O–H groups in total. The topological polar surface area (TPSA) is 78.0 Å². The molecule has 0 saturated carbocycles. The molecule has 0 amide bonds. The second-order valence-corrected chi connectivity index (χ2v) is 8.59. The fraction of sp³-hybridized carbons (Fsp3) is 0.100. The van der Waals surface area contributed by atoms with Gasteiger partial charge in [-0.15, -0.1) is 0 Å². The fourth-order valence-corrected chi connectivity index (χ4v) is 4.11. The van der Waals surface area contributed by atoms with E-state index in [1.54, 1.807) is 49.4 Å². The molecule has 2 aromatic carbocycles. The molecule has 0 bridgehead atoms. The van der Waals surface area contributed by atoms with E-state index in [4.69, 9.17) is 16.1 Å². The van der Waals surface area contributed by atoms with E-state index in [-0.39, 0.29) is 4.90 Å². The predicted molar refractivity (Wildman–Crippen MR) is 107 cm³/mol. The Morgan fingerprint density at radius 1 is 0.964 bits per heavy atom. The molecule has 0 radical (unpaired) electrons. The number of nitrogens with zero attached hydrogens (tertiary/aromatic N) is 3. The Hall–Kier alpha value is -2.90. The van der Waals surface area contributed by atoms with Crippen LogP contribution in [0.4, 0.5) is 0 Å². The number of aromatic nitrogens is 3. The van der Waals surface area contributed by atoms with Crippen molar-refractivity contribution in [1.82, 2.24) is 14.3 Å². The van der Waals surface area contributed by atoms with Crippen LogP contribution in [0.2, 0.25) is 5.02 Å². The van der Waals surface area contributed by atoms with Crippen LogP contribution in [0.5, 0.6) is 0 Å². The number of rotatable bonds is 4. The lowest BCUT2D eigenvalue weighted by Crippen LogP contribution is -2.13.